The number of hydrogen-bond donors (Lipinski definition) is 0. The molecule has 18 heavy (non-hydrogen) atoms. The molecule has 5 heteroatoms. The zero-order chi connectivity index (χ0) is 13.1. The van der Waals surface area contributed by atoms with Gasteiger partial charge < -0.3 is 4.74 Å². The first-order valence-corrected chi connectivity index (χ1v) is 5.61. The Morgan fingerprint density at radius 1 is 1.28 bits per heavy atom. The number of nitrogens with zero attached hydrogens (tertiary/aromatic N) is 3. The molecule has 1 aromatic carbocycles. The lowest BCUT2D eigenvalue weighted by Gasteiger charge is -2.06. The van der Waals surface area contributed by atoms with Gasteiger partial charge in [0.2, 0.25) is 5.82 Å². The Kier molecular flexibility index (Phi) is 3.45. The van der Waals surface area contributed by atoms with E-state index in [4.69, 9.17) is 21.6 Å². The van der Waals surface area contributed by atoms with E-state index in [0.717, 1.165) is 11.3 Å². The molecule has 0 amide bonds. The molecule has 2 rings (SSSR count). The molecule has 0 aliphatic heterocycles. The lowest BCUT2D eigenvalue weighted by Crippen LogP contribution is -1.95. The highest BCUT2D eigenvalue weighted by Crippen LogP contribution is 2.29. The van der Waals surface area contributed by atoms with Gasteiger partial charge in [0.1, 0.15) is 11.8 Å². The summed E-state index contributed by atoms with van der Waals surface area (Å²) in [4.78, 5) is 8.15. The predicted molar refractivity (Wildman–Crippen MR) is 68.5 cm³/mol. The Labute approximate surface area is 110 Å². The van der Waals surface area contributed by atoms with Crippen molar-refractivity contribution in [3.63, 3.8) is 0 Å². The molecule has 1 heterocycles. The van der Waals surface area contributed by atoms with Crippen LogP contribution in [0.4, 0.5) is 0 Å². The van der Waals surface area contributed by atoms with Crippen LogP contribution in [0.25, 0.3) is 11.3 Å². The molecular formula is C13H10ClN3O. The third-order valence-corrected chi connectivity index (χ3v) is 2.70. The fraction of sp³-hybridized carbons (Fsp3) is 0.154. The minimum atomic E-state index is 0.150. The standard InChI is InChI=1S/C13H10ClN3O/c1-8-5-11(17-13(7-15)16-8)9-3-4-12(18-2)10(14)6-9/h3-6H,1-2H3. The average Bonchev–Trinajstić information content (AvgIpc) is 2.37. The molecular weight excluding hydrogens is 250 g/mol. The number of methoxy groups -OCH3 is 1. The second kappa shape index (κ2) is 5.03. The Morgan fingerprint density at radius 2 is 2.06 bits per heavy atom. The van der Waals surface area contributed by atoms with Gasteiger partial charge in [0.15, 0.2) is 0 Å². The first-order chi connectivity index (χ1) is 8.63. The van der Waals surface area contributed by atoms with Gasteiger partial charge in [0.05, 0.1) is 17.8 Å². The molecule has 1 aromatic heterocycles. The van der Waals surface area contributed by atoms with Gasteiger partial charge in [-0.1, -0.05) is 11.6 Å². The molecule has 0 radical (unpaired) electrons. The fourth-order valence-electron chi connectivity index (χ4n) is 1.59. The summed E-state index contributed by atoms with van der Waals surface area (Å²) in [5.74, 6) is 0.753. The van der Waals surface area contributed by atoms with Crippen molar-refractivity contribution in [1.29, 1.82) is 5.26 Å². The third-order valence-electron chi connectivity index (χ3n) is 2.40. The Morgan fingerprint density at radius 3 is 2.67 bits per heavy atom. The van der Waals surface area contributed by atoms with Crippen molar-refractivity contribution in [1.82, 2.24) is 9.97 Å². The highest BCUT2D eigenvalue weighted by Gasteiger charge is 2.07. The van der Waals surface area contributed by atoms with E-state index in [0.29, 0.717) is 16.5 Å². The largest absolute Gasteiger partial charge is 0.495 e. The van der Waals surface area contributed by atoms with Gasteiger partial charge in [-0.25, -0.2) is 9.97 Å². The van der Waals surface area contributed by atoms with Crippen molar-refractivity contribution in [2.75, 3.05) is 7.11 Å². The molecule has 0 aliphatic carbocycles. The molecule has 0 unspecified atom stereocenters. The molecule has 0 spiro atoms. The summed E-state index contributed by atoms with van der Waals surface area (Å²) in [5.41, 5.74) is 2.23. The van der Waals surface area contributed by atoms with Crippen molar-refractivity contribution < 1.29 is 4.74 Å². The van der Waals surface area contributed by atoms with Crippen molar-refractivity contribution in [3.8, 4) is 23.1 Å². The zero-order valence-corrected chi connectivity index (χ0v) is 10.7. The van der Waals surface area contributed by atoms with E-state index in [2.05, 4.69) is 9.97 Å². The molecule has 0 saturated carbocycles. The summed E-state index contributed by atoms with van der Waals surface area (Å²) < 4.78 is 5.09. The van der Waals surface area contributed by atoms with Gasteiger partial charge in [0.25, 0.3) is 0 Å². The Balaban J connectivity index is 2.52. The van der Waals surface area contributed by atoms with E-state index in [1.807, 2.05) is 19.1 Å². The lowest BCUT2D eigenvalue weighted by molar-refractivity contribution is 0.415. The highest BCUT2D eigenvalue weighted by molar-refractivity contribution is 6.32. The van der Waals surface area contributed by atoms with E-state index < -0.39 is 0 Å². The normalized spacial score (nSPS) is 9.89. The van der Waals surface area contributed by atoms with Crippen LogP contribution in [-0.2, 0) is 0 Å². The molecule has 0 aliphatic rings. The van der Waals surface area contributed by atoms with Crippen LogP contribution >= 0.6 is 11.6 Å². The van der Waals surface area contributed by atoms with E-state index in [1.54, 1.807) is 25.3 Å². The van der Waals surface area contributed by atoms with Gasteiger partial charge in [0, 0.05) is 11.3 Å². The number of benzene rings is 1. The van der Waals surface area contributed by atoms with Gasteiger partial charge in [-0.15, -0.1) is 0 Å². The smallest absolute Gasteiger partial charge is 0.232 e. The summed E-state index contributed by atoms with van der Waals surface area (Å²) in [7, 11) is 1.56. The van der Waals surface area contributed by atoms with E-state index >= 15 is 0 Å². The van der Waals surface area contributed by atoms with E-state index in [9.17, 15) is 0 Å². The number of aryl methyl sites for hydroxylation is 1. The van der Waals surface area contributed by atoms with Crippen LogP contribution in [-0.4, -0.2) is 17.1 Å². The number of hydrogen-bond acceptors (Lipinski definition) is 4. The van der Waals surface area contributed by atoms with Gasteiger partial charge in [-0.2, -0.15) is 5.26 Å². The van der Waals surface area contributed by atoms with Crippen LogP contribution < -0.4 is 4.74 Å². The van der Waals surface area contributed by atoms with Crippen molar-refractivity contribution in [2.24, 2.45) is 0 Å². The summed E-state index contributed by atoms with van der Waals surface area (Å²) >= 11 is 6.06. The number of halogens is 1. The lowest BCUT2D eigenvalue weighted by atomic mass is 10.1. The number of nitriles is 1. The van der Waals surface area contributed by atoms with Gasteiger partial charge in [-0.3, -0.25) is 0 Å². The first-order valence-electron chi connectivity index (χ1n) is 5.23. The van der Waals surface area contributed by atoms with Crippen molar-refractivity contribution in [2.45, 2.75) is 6.92 Å². The van der Waals surface area contributed by atoms with Crippen LogP contribution in [0, 0.1) is 18.3 Å². The van der Waals surface area contributed by atoms with Gasteiger partial charge >= 0.3 is 0 Å². The molecule has 0 fully saturated rings. The monoisotopic (exact) mass is 259 g/mol. The van der Waals surface area contributed by atoms with Crippen LogP contribution in [0.2, 0.25) is 5.02 Å². The summed E-state index contributed by atoms with van der Waals surface area (Å²) in [6.45, 7) is 1.82. The molecule has 0 N–H and O–H groups in total. The molecule has 0 bridgehead atoms. The Hall–Kier alpha value is -2.12. The second-order valence-corrected chi connectivity index (χ2v) is 4.09. The SMILES string of the molecule is COc1ccc(-c2cc(C)nc(C#N)n2)cc1Cl. The third kappa shape index (κ3) is 2.41. The average molecular weight is 260 g/mol. The highest BCUT2D eigenvalue weighted by atomic mass is 35.5. The second-order valence-electron chi connectivity index (χ2n) is 3.68. The first kappa shape index (κ1) is 12.3. The molecule has 0 atom stereocenters. The van der Waals surface area contributed by atoms with Crippen LogP contribution in [0.1, 0.15) is 11.5 Å². The van der Waals surface area contributed by atoms with Gasteiger partial charge in [-0.05, 0) is 31.2 Å². The number of rotatable bonds is 2. The maximum absolute atomic E-state index is 8.85. The number of ether oxygens (including phenoxy) is 1. The maximum atomic E-state index is 8.85. The molecule has 90 valence electrons. The van der Waals surface area contributed by atoms with Crippen molar-refractivity contribution in [3.05, 3.63) is 40.8 Å². The number of aromatic nitrogens is 2. The van der Waals surface area contributed by atoms with E-state index in [-0.39, 0.29) is 5.82 Å². The quantitative estimate of drug-likeness (QED) is 0.832. The maximum Gasteiger partial charge on any atom is 0.232 e. The van der Waals surface area contributed by atoms with Crippen LogP contribution in [0.5, 0.6) is 5.75 Å². The summed E-state index contributed by atoms with van der Waals surface area (Å²) in [5, 5.41) is 9.35. The zero-order valence-electron chi connectivity index (χ0n) is 9.94. The minimum absolute atomic E-state index is 0.150. The van der Waals surface area contributed by atoms with Crippen molar-refractivity contribution >= 4 is 11.6 Å². The molecule has 4 nitrogen and oxygen atoms in total. The Bertz CT molecular complexity index is 635. The fourth-order valence-corrected chi connectivity index (χ4v) is 1.85. The van der Waals surface area contributed by atoms with Crippen LogP contribution in [0.15, 0.2) is 24.3 Å². The summed E-state index contributed by atoms with van der Waals surface area (Å²) in [6, 6.07) is 9.10. The summed E-state index contributed by atoms with van der Waals surface area (Å²) in [6.07, 6.45) is 0. The predicted octanol–water partition coefficient (Wildman–Crippen LogP) is 2.99. The van der Waals surface area contributed by atoms with E-state index in [1.165, 1.54) is 0 Å². The molecule has 2 aromatic rings. The van der Waals surface area contributed by atoms with Crippen LogP contribution in [0.3, 0.4) is 0 Å². The minimum Gasteiger partial charge on any atom is -0.495 e. The topological polar surface area (TPSA) is 58.8 Å². The molecule has 0 saturated heterocycles.